The molecule has 0 N–H and O–H groups in total. The van der Waals surface area contributed by atoms with E-state index in [0.717, 1.165) is 6.07 Å². The molecule has 0 aromatic heterocycles. The van der Waals surface area contributed by atoms with E-state index in [0.29, 0.717) is 16.9 Å². The maximum atomic E-state index is 12.4. The third kappa shape index (κ3) is 3.51. The SMILES string of the molecule is O=Cc1ccc(OC(F)(F)F)c(-c2cccc(Cl)c2)c1. The van der Waals surface area contributed by atoms with Crippen LogP contribution in [0.3, 0.4) is 0 Å². The van der Waals surface area contributed by atoms with Crippen molar-refractivity contribution in [2.45, 2.75) is 6.36 Å². The molecule has 0 saturated carbocycles. The molecule has 0 aliphatic rings. The summed E-state index contributed by atoms with van der Waals surface area (Å²) in [4.78, 5) is 10.8. The minimum atomic E-state index is -4.81. The molecule has 0 fully saturated rings. The smallest absolute Gasteiger partial charge is 0.405 e. The fourth-order valence-corrected chi connectivity index (χ4v) is 1.91. The van der Waals surface area contributed by atoms with Crippen LogP contribution in [0, 0.1) is 0 Å². The maximum absolute atomic E-state index is 12.4. The Bertz CT molecular complexity index is 639. The zero-order valence-corrected chi connectivity index (χ0v) is 10.7. The number of ether oxygens (including phenoxy) is 1. The van der Waals surface area contributed by atoms with Crippen LogP contribution < -0.4 is 4.74 Å². The van der Waals surface area contributed by atoms with Crippen LogP contribution in [-0.2, 0) is 0 Å². The average molecular weight is 301 g/mol. The molecule has 0 saturated heterocycles. The standard InChI is InChI=1S/C14H8ClF3O2/c15-11-3-1-2-10(7-11)12-6-9(8-19)4-5-13(12)20-14(16,17)18/h1-8H. The second-order valence-electron chi connectivity index (χ2n) is 3.93. The predicted octanol–water partition coefficient (Wildman–Crippen LogP) is 4.72. The second kappa shape index (κ2) is 5.54. The van der Waals surface area contributed by atoms with Crippen LogP contribution in [0.1, 0.15) is 10.4 Å². The van der Waals surface area contributed by atoms with E-state index in [9.17, 15) is 18.0 Å². The van der Waals surface area contributed by atoms with E-state index < -0.39 is 6.36 Å². The summed E-state index contributed by atoms with van der Waals surface area (Å²) in [6, 6.07) is 9.95. The fourth-order valence-electron chi connectivity index (χ4n) is 1.72. The first-order valence-corrected chi connectivity index (χ1v) is 5.88. The third-order valence-electron chi connectivity index (χ3n) is 2.50. The van der Waals surface area contributed by atoms with Gasteiger partial charge in [0.2, 0.25) is 0 Å². The first-order chi connectivity index (χ1) is 9.39. The molecule has 0 spiro atoms. The van der Waals surface area contributed by atoms with E-state index in [1.807, 2.05) is 0 Å². The topological polar surface area (TPSA) is 26.3 Å². The summed E-state index contributed by atoms with van der Waals surface area (Å²) in [5, 5.41) is 0.372. The van der Waals surface area contributed by atoms with Gasteiger partial charge in [-0.2, -0.15) is 0 Å². The molecule has 0 aliphatic heterocycles. The summed E-state index contributed by atoms with van der Waals surface area (Å²) in [5.74, 6) is -0.384. The summed E-state index contributed by atoms with van der Waals surface area (Å²) < 4.78 is 41.1. The molecule has 0 amide bonds. The van der Waals surface area contributed by atoms with Gasteiger partial charge < -0.3 is 4.74 Å². The van der Waals surface area contributed by atoms with Crippen molar-refractivity contribution < 1.29 is 22.7 Å². The van der Waals surface area contributed by atoms with Crippen LogP contribution in [-0.4, -0.2) is 12.6 Å². The Balaban J connectivity index is 2.55. The number of rotatable bonds is 3. The van der Waals surface area contributed by atoms with E-state index in [-0.39, 0.29) is 16.9 Å². The number of benzene rings is 2. The molecule has 2 aromatic carbocycles. The molecule has 0 heterocycles. The van der Waals surface area contributed by atoms with Crippen molar-refractivity contribution in [3.8, 4) is 16.9 Å². The Labute approximate surface area is 117 Å². The summed E-state index contributed by atoms with van der Waals surface area (Å²) in [5.41, 5.74) is 0.823. The Morgan fingerprint density at radius 2 is 1.85 bits per heavy atom. The van der Waals surface area contributed by atoms with Crippen molar-refractivity contribution in [2.24, 2.45) is 0 Å². The minimum absolute atomic E-state index is 0.148. The maximum Gasteiger partial charge on any atom is 0.573 e. The molecule has 0 bridgehead atoms. The Morgan fingerprint density at radius 1 is 1.10 bits per heavy atom. The van der Waals surface area contributed by atoms with Gasteiger partial charge in [0.1, 0.15) is 12.0 Å². The second-order valence-corrected chi connectivity index (χ2v) is 4.37. The van der Waals surface area contributed by atoms with Crippen molar-refractivity contribution in [1.29, 1.82) is 0 Å². The van der Waals surface area contributed by atoms with E-state index >= 15 is 0 Å². The Kier molecular flexibility index (Phi) is 3.99. The molecule has 0 aliphatic carbocycles. The number of hydrogen-bond donors (Lipinski definition) is 0. The van der Waals surface area contributed by atoms with Crippen LogP contribution in [0.2, 0.25) is 5.02 Å². The molecule has 2 aromatic rings. The minimum Gasteiger partial charge on any atom is -0.405 e. The number of carbonyl (C=O) groups excluding carboxylic acids is 1. The first kappa shape index (κ1) is 14.4. The lowest BCUT2D eigenvalue weighted by atomic mass is 10.0. The molecule has 2 rings (SSSR count). The zero-order chi connectivity index (χ0) is 14.8. The predicted molar refractivity (Wildman–Crippen MR) is 69.0 cm³/mol. The number of halogens is 4. The molecule has 0 unspecified atom stereocenters. The lowest BCUT2D eigenvalue weighted by Gasteiger charge is -2.14. The molecular weight excluding hydrogens is 293 g/mol. The highest BCUT2D eigenvalue weighted by Crippen LogP contribution is 2.35. The summed E-state index contributed by atoms with van der Waals surface area (Å²) in [7, 11) is 0. The van der Waals surface area contributed by atoms with Crippen molar-refractivity contribution in [1.82, 2.24) is 0 Å². The van der Waals surface area contributed by atoms with Crippen LogP contribution in [0.5, 0.6) is 5.75 Å². The highest BCUT2D eigenvalue weighted by Gasteiger charge is 2.32. The summed E-state index contributed by atoms with van der Waals surface area (Å²) in [6.45, 7) is 0. The summed E-state index contributed by atoms with van der Waals surface area (Å²) in [6.07, 6.45) is -4.26. The lowest BCUT2D eigenvalue weighted by Crippen LogP contribution is -2.17. The molecule has 6 heteroatoms. The summed E-state index contributed by atoms with van der Waals surface area (Å²) >= 11 is 5.82. The van der Waals surface area contributed by atoms with E-state index in [1.165, 1.54) is 18.2 Å². The van der Waals surface area contributed by atoms with Gasteiger partial charge in [-0.3, -0.25) is 4.79 Å². The lowest BCUT2D eigenvalue weighted by molar-refractivity contribution is -0.274. The van der Waals surface area contributed by atoms with Gasteiger partial charge in [0.25, 0.3) is 0 Å². The van der Waals surface area contributed by atoms with Gasteiger partial charge in [-0.15, -0.1) is 13.2 Å². The van der Waals surface area contributed by atoms with Crippen molar-refractivity contribution in [3.63, 3.8) is 0 Å². The van der Waals surface area contributed by atoms with Crippen LogP contribution in [0.25, 0.3) is 11.1 Å². The van der Waals surface area contributed by atoms with E-state index in [2.05, 4.69) is 4.74 Å². The fraction of sp³-hybridized carbons (Fsp3) is 0.0714. The molecule has 2 nitrogen and oxygen atoms in total. The number of carbonyl (C=O) groups is 1. The quantitative estimate of drug-likeness (QED) is 0.767. The Morgan fingerprint density at radius 3 is 2.45 bits per heavy atom. The van der Waals surface area contributed by atoms with Gasteiger partial charge in [-0.05, 0) is 35.9 Å². The van der Waals surface area contributed by atoms with E-state index in [4.69, 9.17) is 11.6 Å². The first-order valence-electron chi connectivity index (χ1n) is 5.50. The molecule has 0 radical (unpaired) electrons. The largest absolute Gasteiger partial charge is 0.573 e. The average Bonchev–Trinajstić information content (AvgIpc) is 2.37. The van der Waals surface area contributed by atoms with Crippen molar-refractivity contribution >= 4 is 17.9 Å². The zero-order valence-electron chi connectivity index (χ0n) is 9.95. The van der Waals surface area contributed by atoms with Crippen LogP contribution in [0.4, 0.5) is 13.2 Å². The van der Waals surface area contributed by atoms with Gasteiger partial charge in [0.15, 0.2) is 0 Å². The molecule has 104 valence electrons. The number of aldehydes is 1. The van der Waals surface area contributed by atoms with Crippen molar-refractivity contribution in [2.75, 3.05) is 0 Å². The van der Waals surface area contributed by atoms with E-state index in [1.54, 1.807) is 18.2 Å². The number of alkyl halides is 3. The molecule has 0 atom stereocenters. The van der Waals surface area contributed by atoms with Gasteiger partial charge in [0.05, 0.1) is 0 Å². The van der Waals surface area contributed by atoms with Gasteiger partial charge in [0, 0.05) is 16.1 Å². The molecule has 20 heavy (non-hydrogen) atoms. The van der Waals surface area contributed by atoms with Crippen molar-refractivity contribution in [3.05, 3.63) is 53.1 Å². The Hall–Kier alpha value is -2.01. The molecular formula is C14H8ClF3O2. The van der Waals surface area contributed by atoms with Gasteiger partial charge in [-0.1, -0.05) is 23.7 Å². The van der Waals surface area contributed by atoms with Gasteiger partial charge in [-0.25, -0.2) is 0 Å². The normalized spacial score (nSPS) is 11.2. The number of hydrogen-bond acceptors (Lipinski definition) is 2. The highest BCUT2D eigenvalue weighted by atomic mass is 35.5. The third-order valence-corrected chi connectivity index (χ3v) is 2.74. The van der Waals surface area contributed by atoms with Crippen LogP contribution >= 0.6 is 11.6 Å². The van der Waals surface area contributed by atoms with Gasteiger partial charge >= 0.3 is 6.36 Å². The monoisotopic (exact) mass is 300 g/mol. The van der Waals surface area contributed by atoms with Crippen LogP contribution in [0.15, 0.2) is 42.5 Å². The highest BCUT2D eigenvalue weighted by molar-refractivity contribution is 6.30.